The molecule has 96 valence electrons. The van der Waals surface area contributed by atoms with Crippen molar-refractivity contribution < 1.29 is 9.59 Å². The van der Waals surface area contributed by atoms with E-state index in [1.54, 1.807) is 18.0 Å². The van der Waals surface area contributed by atoms with Crippen molar-refractivity contribution in [1.82, 2.24) is 4.98 Å². The van der Waals surface area contributed by atoms with Crippen LogP contribution in [0.2, 0.25) is 0 Å². The highest BCUT2D eigenvalue weighted by atomic mass is 32.2. The minimum atomic E-state index is 0.110. The van der Waals surface area contributed by atoms with Crippen LogP contribution < -0.4 is 4.90 Å². The fourth-order valence-corrected chi connectivity index (χ4v) is 2.82. The zero-order valence-corrected chi connectivity index (χ0v) is 11.4. The quantitative estimate of drug-likeness (QED) is 0.838. The highest BCUT2D eigenvalue weighted by Gasteiger charge is 2.31. The zero-order chi connectivity index (χ0) is 13.1. The highest BCUT2D eigenvalue weighted by molar-refractivity contribution is 8.13. The molecule has 1 amide bonds. The van der Waals surface area contributed by atoms with Crippen molar-refractivity contribution in [1.29, 1.82) is 0 Å². The molecule has 0 N–H and O–H groups in total. The van der Waals surface area contributed by atoms with Gasteiger partial charge in [0, 0.05) is 31.8 Å². The average Bonchev–Trinajstić information content (AvgIpc) is 2.69. The Hall–Kier alpha value is -1.36. The van der Waals surface area contributed by atoms with Crippen molar-refractivity contribution in [3.05, 3.63) is 24.0 Å². The summed E-state index contributed by atoms with van der Waals surface area (Å²) in [4.78, 5) is 28.9. The molecule has 5 heteroatoms. The van der Waals surface area contributed by atoms with Gasteiger partial charge >= 0.3 is 0 Å². The van der Waals surface area contributed by atoms with E-state index in [-0.39, 0.29) is 16.9 Å². The summed E-state index contributed by atoms with van der Waals surface area (Å²) in [6.45, 7) is 4.15. The summed E-state index contributed by atoms with van der Waals surface area (Å²) in [6, 6.07) is 3.76. The SMILES string of the molecule is CC(=O)SCC1CC(=O)N(c2cccnc2C)C1. The van der Waals surface area contributed by atoms with Crippen molar-refractivity contribution in [3.8, 4) is 0 Å². The molecule has 18 heavy (non-hydrogen) atoms. The van der Waals surface area contributed by atoms with E-state index < -0.39 is 0 Å². The summed E-state index contributed by atoms with van der Waals surface area (Å²) in [5.74, 6) is 1.10. The van der Waals surface area contributed by atoms with Crippen LogP contribution in [0.3, 0.4) is 0 Å². The van der Waals surface area contributed by atoms with Crippen LogP contribution >= 0.6 is 11.8 Å². The topological polar surface area (TPSA) is 50.3 Å². The highest BCUT2D eigenvalue weighted by Crippen LogP contribution is 2.28. The van der Waals surface area contributed by atoms with Crippen molar-refractivity contribution in [2.24, 2.45) is 5.92 Å². The van der Waals surface area contributed by atoms with Crippen molar-refractivity contribution in [3.63, 3.8) is 0 Å². The number of anilines is 1. The minimum Gasteiger partial charge on any atom is -0.310 e. The maximum absolute atomic E-state index is 12.0. The summed E-state index contributed by atoms with van der Waals surface area (Å²) in [6.07, 6.45) is 2.25. The first-order valence-corrected chi connectivity index (χ1v) is 6.92. The normalized spacial score (nSPS) is 19.3. The molecule has 1 aromatic rings. The molecule has 0 saturated carbocycles. The maximum Gasteiger partial charge on any atom is 0.227 e. The Morgan fingerprint density at radius 1 is 1.61 bits per heavy atom. The fraction of sp³-hybridized carbons (Fsp3) is 0.462. The van der Waals surface area contributed by atoms with E-state index in [9.17, 15) is 9.59 Å². The van der Waals surface area contributed by atoms with Gasteiger partial charge in [-0.25, -0.2) is 0 Å². The van der Waals surface area contributed by atoms with Gasteiger partial charge in [0.1, 0.15) is 0 Å². The number of pyridine rings is 1. The lowest BCUT2D eigenvalue weighted by molar-refractivity contribution is -0.117. The molecule has 0 bridgehead atoms. The van der Waals surface area contributed by atoms with E-state index in [1.165, 1.54) is 11.8 Å². The fourth-order valence-electron chi connectivity index (χ4n) is 2.12. The van der Waals surface area contributed by atoms with Gasteiger partial charge in [0.15, 0.2) is 5.12 Å². The Kier molecular flexibility index (Phi) is 4.01. The molecule has 4 nitrogen and oxygen atoms in total. The maximum atomic E-state index is 12.0. The second-order valence-electron chi connectivity index (χ2n) is 4.49. The van der Waals surface area contributed by atoms with Crippen LogP contribution in [0.1, 0.15) is 19.0 Å². The van der Waals surface area contributed by atoms with Crippen molar-refractivity contribution >= 4 is 28.5 Å². The van der Waals surface area contributed by atoms with Crippen LogP contribution in [0.25, 0.3) is 0 Å². The first kappa shape index (κ1) is 13.1. The molecule has 0 spiro atoms. The number of amides is 1. The Bertz CT molecular complexity index is 476. The predicted molar refractivity (Wildman–Crippen MR) is 72.6 cm³/mol. The predicted octanol–water partition coefficient (Wildman–Crippen LogP) is 2.02. The lowest BCUT2D eigenvalue weighted by Gasteiger charge is -2.18. The van der Waals surface area contributed by atoms with Gasteiger partial charge in [-0.3, -0.25) is 14.6 Å². The molecule has 1 aromatic heterocycles. The number of carbonyl (C=O) groups excluding carboxylic acids is 2. The Morgan fingerprint density at radius 2 is 2.39 bits per heavy atom. The summed E-state index contributed by atoms with van der Waals surface area (Å²) in [5.41, 5.74) is 1.75. The van der Waals surface area contributed by atoms with E-state index >= 15 is 0 Å². The summed E-state index contributed by atoms with van der Waals surface area (Å²) in [7, 11) is 0. The molecule has 1 fully saturated rings. The third-order valence-electron chi connectivity index (χ3n) is 3.00. The van der Waals surface area contributed by atoms with Crippen LogP contribution in [-0.4, -0.2) is 28.3 Å². The van der Waals surface area contributed by atoms with Crippen LogP contribution in [0.5, 0.6) is 0 Å². The van der Waals surface area contributed by atoms with Gasteiger partial charge in [0.2, 0.25) is 5.91 Å². The second kappa shape index (κ2) is 5.52. The number of hydrogen-bond donors (Lipinski definition) is 0. The van der Waals surface area contributed by atoms with E-state index in [0.717, 1.165) is 17.1 Å². The van der Waals surface area contributed by atoms with E-state index in [2.05, 4.69) is 4.98 Å². The summed E-state index contributed by atoms with van der Waals surface area (Å²) < 4.78 is 0. The third-order valence-corrected chi connectivity index (χ3v) is 4.04. The first-order chi connectivity index (χ1) is 8.58. The minimum absolute atomic E-state index is 0.110. The van der Waals surface area contributed by atoms with Gasteiger partial charge < -0.3 is 4.90 Å². The number of aromatic nitrogens is 1. The van der Waals surface area contributed by atoms with Gasteiger partial charge in [-0.2, -0.15) is 0 Å². The smallest absolute Gasteiger partial charge is 0.227 e. The molecule has 1 aliphatic heterocycles. The molecule has 1 saturated heterocycles. The van der Waals surface area contributed by atoms with E-state index in [0.29, 0.717) is 13.0 Å². The standard InChI is InChI=1S/C13H16N2O2S/c1-9-12(4-3-5-14-9)15-7-11(6-13(15)17)8-18-10(2)16/h3-5,11H,6-8H2,1-2H3. The third kappa shape index (κ3) is 2.90. The molecule has 2 rings (SSSR count). The molecule has 2 heterocycles. The van der Waals surface area contributed by atoms with Gasteiger partial charge in [-0.05, 0) is 25.0 Å². The Labute approximate surface area is 111 Å². The number of rotatable bonds is 3. The molecular formula is C13H16N2O2S. The van der Waals surface area contributed by atoms with Gasteiger partial charge in [0.25, 0.3) is 0 Å². The van der Waals surface area contributed by atoms with Crippen LogP contribution in [0.15, 0.2) is 18.3 Å². The Morgan fingerprint density at radius 3 is 3.06 bits per heavy atom. The number of aryl methyl sites for hydroxylation is 1. The Balaban J connectivity index is 2.06. The first-order valence-electron chi connectivity index (χ1n) is 5.93. The summed E-state index contributed by atoms with van der Waals surface area (Å²) in [5, 5.41) is 0.110. The number of nitrogens with zero attached hydrogens (tertiary/aromatic N) is 2. The largest absolute Gasteiger partial charge is 0.310 e. The summed E-state index contributed by atoms with van der Waals surface area (Å²) >= 11 is 1.30. The van der Waals surface area contributed by atoms with Crippen LogP contribution in [0, 0.1) is 12.8 Å². The molecule has 0 radical (unpaired) electrons. The van der Waals surface area contributed by atoms with Crippen LogP contribution in [0.4, 0.5) is 5.69 Å². The zero-order valence-electron chi connectivity index (χ0n) is 10.5. The molecule has 0 aliphatic carbocycles. The molecule has 1 atom stereocenters. The average molecular weight is 264 g/mol. The molecule has 0 aromatic carbocycles. The van der Waals surface area contributed by atoms with Gasteiger partial charge in [-0.1, -0.05) is 11.8 Å². The lowest BCUT2D eigenvalue weighted by atomic mass is 10.1. The van der Waals surface area contributed by atoms with Crippen molar-refractivity contribution in [2.45, 2.75) is 20.3 Å². The molecule has 1 unspecified atom stereocenters. The van der Waals surface area contributed by atoms with Crippen molar-refractivity contribution in [2.75, 3.05) is 17.2 Å². The van der Waals surface area contributed by atoms with E-state index in [1.807, 2.05) is 19.1 Å². The molecular weight excluding hydrogens is 248 g/mol. The lowest BCUT2D eigenvalue weighted by Crippen LogP contribution is -2.25. The number of hydrogen-bond acceptors (Lipinski definition) is 4. The number of thioether (sulfide) groups is 1. The van der Waals surface area contributed by atoms with Crippen LogP contribution in [-0.2, 0) is 9.59 Å². The number of carbonyl (C=O) groups is 2. The molecule has 1 aliphatic rings. The van der Waals surface area contributed by atoms with E-state index in [4.69, 9.17) is 0 Å². The second-order valence-corrected chi connectivity index (χ2v) is 5.68. The van der Waals surface area contributed by atoms with Gasteiger partial charge in [0.05, 0.1) is 11.4 Å². The van der Waals surface area contributed by atoms with Gasteiger partial charge in [-0.15, -0.1) is 0 Å². The monoisotopic (exact) mass is 264 g/mol.